The number of H-pyrrole nitrogens is 1. The molecular weight excluding hydrogens is 276 g/mol. The summed E-state index contributed by atoms with van der Waals surface area (Å²) in [4.78, 5) is 9.77. The van der Waals surface area contributed by atoms with E-state index >= 15 is 0 Å². The first-order chi connectivity index (χ1) is 10.9. The van der Waals surface area contributed by atoms with Gasteiger partial charge in [0.25, 0.3) is 0 Å². The van der Waals surface area contributed by atoms with Gasteiger partial charge < -0.3 is 15.0 Å². The number of benzene rings is 1. The smallest absolute Gasteiger partial charge is 0.125 e. The molecule has 2 N–H and O–H groups in total. The van der Waals surface area contributed by atoms with Crippen LogP contribution in [0.15, 0.2) is 36.7 Å². The highest BCUT2D eigenvalue weighted by Crippen LogP contribution is 2.18. The van der Waals surface area contributed by atoms with E-state index in [4.69, 9.17) is 4.74 Å². The lowest BCUT2D eigenvalue weighted by Crippen LogP contribution is -2.33. The Balaban J connectivity index is 1.44. The number of nitrogens with zero attached hydrogens (tertiary/aromatic N) is 2. The number of aromatic nitrogens is 2. The van der Waals surface area contributed by atoms with Crippen molar-refractivity contribution in [2.45, 2.75) is 25.8 Å². The zero-order valence-electron chi connectivity index (χ0n) is 12.9. The average Bonchev–Trinajstić information content (AvgIpc) is 3.08. The minimum absolute atomic E-state index is 0.685. The lowest BCUT2D eigenvalue weighted by molar-refractivity contribution is 0.183. The molecule has 2 heterocycles. The van der Waals surface area contributed by atoms with Gasteiger partial charge in [-0.3, -0.25) is 4.90 Å². The normalized spacial score (nSPS) is 15.6. The van der Waals surface area contributed by atoms with Gasteiger partial charge in [-0.15, -0.1) is 0 Å². The molecule has 1 fully saturated rings. The number of aromatic amines is 1. The van der Waals surface area contributed by atoms with Gasteiger partial charge in [0.15, 0.2) is 0 Å². The van der Waals surface area contributed by atoms with Gasteiger partial charge in [0.1, 0.15) is 18.2 Å². The largest absolute Gasteiger partial charge is 0.492 e. The maximum Gasteiger partial charge on any atom is 0.125 e. The van der Waals surface area contributed by atoms with Crippen LogP contribution in [0.25, 0.3) is 0 Å². The fourth-order valence-corrected chi connectivity index (χ4v) is 2.75. The summed E-state index contributed by atoms with van der Waals surface area (Å²) in [6.07, 6.45) is 7.62. The van der Waals surface area contributed by atoms with E-state index in [9.17, 15) is 0 Å². The summed E-state index contributed by atoms with van der Waals surface area (Å²) >= 11 is 0. The lowest BCUT2D eigenvalue weighted by Gasteiger charge is -2.26. The Morgan fingerprint density at radius 1 is 1.23 bits per heavy atom. The van der Waals surface area contributed by atoms with Crippen LogP contribution in [0, 0.1) is 0 Å². The molecule has 1 aliphatic heterocycles. The molecule has 0 aliphatic carbocycles. The van der Waals surface area contributed by atoms with Gasteiger partial charge in [-0.1, -0.05) is 12.5 Å². The number of rotatable bonds is 7. The maximum absolute atomic E-state index is 5.88. The third-order valence-corrected chi connectivity index (χ3v) is 3.97. The summed E-state index contributed by atoms with van der Waals surface area (Å²) < 4.78 is 5.88. The maximum atomic E-state index is 5.88. The quantitative estimate of drug-likeness (QED) is 0.825. The van der Waals surface area contributed by atoms with Crippen LogP contribution in [-0.2, 0) is 6.54 Å². The summed E-state index contributed by atoms with van der Waals surface area (Å²) in [5, 5.41) is 3.34. The molecule has 0 spiro atoms. The second kappa shape index (κ2) is 7.84. The number of piperidine rings is 1. The molecule has 0 atom stereocenters. The van der Waals surface area contributed by atoms with Crippen molar-refractivity contribution in [3.63, 3.8) is 0 Å². The van der Waals surface area contributed by atoms with E-state index in [0.717, 1.165) is 30.4 Å². The molecular formula is C17H24N4O. The topological polar surface area (TPSA) is 53.2 Å². The molecule has 2 aromatic rings. The van der Waals surface area contributed by atoms with E-state index in [1.807, 2.05) is 30.5 Å². The number of hydrogen-bond donors (Lipinski definition) is 2. The standard InChI is InChI=1S/C17H24N4O/c1-2-9-21(10-3-1)11-12-22-16-6-4-5-15(13-16)20-14-17-18-7-8-19-17/h4-8,13,20H,1-3,9-12,14H2,(H,18,19). The van der Waals surface area contributed by atoms with E-state index in [0.29, 0.717) is 6.54 Å². The number of hydrogen-bond acceptors (Lipinski definition) is 4. The third-order valence-electron chi connectivity index (χ3n) is 3.97. The molecule has 0 amide bonds. The first-order valence-electron chi connectivity index (χ1n) is 8.07. The monoisotopic (exact) mass is 300 g/mol. The molecule has 118 valence electrons. The molecule has 5 nitrogen and oxygen atoms in total. The highest BCUT2D eigenvalue weighted by molar-refractivity contribution is 5.48. The molecule has 1 saturated heterocycles. The van der Waals surface area contributed by atoms with Crippen LogP contribution in [0.5, 0.6) is 5.75 Å². The molecule has 5 heteroatoms. The predicted molar refractivity (Wildman–Crippen MR) is 88.1 cm³/mol. The second-order valence-electron chi connectivity index (χ2n) is 5.67. The van der Waals surface area contributed by atoms with Crippen LogP contribution in [0.3, 0.4) is 0 Å². The molecule has 22 heavy (non-hydrogen) atoms. The zero-order chi connectivity index (χ0) is 15.0. The average molecular weight is 300 g/mol. The molecule has 0 unspecified atom stereocenters. The van der Waals surface area contributed by atoms with Gasteiger partial charge in [0, 0.05) is 30.7 Å². The zero-order valence-corrected chi connectivity index (χ0v) is 12.9. The minimum atomic E-state index is 0.685. The molecule has 1 aromatic carbocycles. The minimum Gasteiger partial charge on any atom is -0.492 e. The van der Waals surface area contributed by atoms with Crippen molar-refractivity contribution in [1.82, 2.24) is 14.9 Å². The van der Waals surface area contributed by atoms with E-state index in [2.05, 4.69) is 20.2 Å². The predicted octanol–water partition coefficient (Wildman–Crippen LogP) is 2.89. The Morgan fingerprint density at radius 2 is 2.14 bits per heavy atom. The Hall–Kier alpha value is -2.01. The van der Waals surface area contributed by atoms with E-state index in [1.165, 1.54) is 32.4 Å². The number of ether oxygens (including phenoxy) is 1. The molecule has 1 aromatic heterocycles. The van der Waals surface area contributed by atoms with Gasteiger partial charge in [-0.25, -0.2) is 4.98 Å². The molecule has 1 aliphatic rings. The van der Waals surface area contributed by atoms with Crippen LogP contribution < -0.4 is 10.1 Å². The van der Waals surface area contributed by atoms with E-state index in [-0.39, 0.29) is 0 Å². The van der Waals surface area contributed by atoms with Gasteiger partial charge in [0.2, 0.25) is 0 Å². The molecule has 3 rings (SSSR count). The van der Waals surface area contributed by atoms with Crippen LogP contribution in [0.2, 0.25) is 0 Å². The van der Waals surface area contributed by atoms with Gasteiger partial charge in [0.05, 0.1) is 6.54 Å². The summed E-state index contributed by atoms with van der Waals surface area (Å²) in [6.45, 7) is 4.89. The summed E-state index contributed by atoms with van der Waals surface area (Å²) in [5.41, 5.74) is 1.05. The number of nitrogens with one attached hydrogen (secondary N) is 2. The molecule has 0 radical (unpaired) electrons. The second-order valence-corrected chi connectivity index (χ2v) is 5.67. The number of imidazole rings is 1. The highest BCUT2D eigenvalue weighted by atomic mass is 16.5. The van der Waals surface area contributed by atoms with Crippen LogP contribution in [0.4, 0.5) is 5.69 Å². The molecule has 0 saturated carbocycles. The van der Waals surface area contributed by atoms with Crippen LogP contribution in [0.1, 0.15) is 25.1 Å². The van der Waals surface area contributed by atoms with Crippen molar-refractivity contribution in [1.29, 1.82) is 0 Å². The van der Waals surface area contributed by atoms with E-state index < -0.39 is 0 Å². The Bertz CT molecular complexity index is 550. The van der Waals surface area contributed by atoms with Gasteiger partial charge in [-0.2, -0.15) is 0 Å². The summed E-state index contributed by atoms with van der Waals surface area (Å²) in [5.74, 6) is 1.85. The van der Waals surface area contributed by atoms with Crippen molar-refractivity contribution in [3.05, 3.63) is 42.5 Å². The Kier molecular flexibility index (Phi) is 5.32. The van der Waals surface area contributed by atoms with Crippen molar-refractivity contribution >= 4 is 5.69 Å². The number of likely N-dealkylation sites (tertiary alicyclic amines) is 1. The SMILES string of the molecule is c1cc(NCc2ncc[nH]2)cc(OCCN2CCCCC2)c1. The Labute approximate surface area is 131 Å². The summed E-state index contributed by atoms with van der Waals surface area (Å²) in [7, 11) is 0. The van der Waals surface area contributed by atoms with Crippen LogP contribution in [-0.4, -0.2) is 41.1 Å². The first kappa shape index (κ1) is 14.9. The van der Waals surface area contributed by atoms with Crippen molar-refractivity contribution in [2.24, 2.45) is 0 Å². The summed E-state index contributed by atoms with van der Waals surface area (Å²) in [6, 6.07) is 8.11. The highest BCUT2D eigenvalue weighted by Gasteiger charge is 2.09. The fourth-order valence-electron chi connectivity index (χ4n) is 2.75. The van der Waals surface area contributed by atoms with Crippen molar-refractivity contribution in [3.8, 4) is 5.75 Å². The number of anilines is 1. The fraction of sp³-hybridized carbons (Fsp3) is 0.471. The first-order valence-corrected chi connectivity index (χ1v) is 8.07. The van der Waals surface area contributed by atoms with Crippen LogP contribution >= 0.6 is 0 Å². The van der Waals surface area contributed by atoms with Crippen molar-refractivity contribution < 1.29 is 4.74 Å². The van der Waals surface area contributed by atoms with Crippen molar-refractivity contribution in [2.75, 3.05) is 31.6 Å². The van der Waals surface area contributed by atoms with Gasteiger partial charge >= 0.3 is 0 Å². The van der Waals surface area contributed by atoms with E-state index in [1.54, 1.807) is 6.20 Å². The Morgan fingerprint density at radius 3 is 2.95 bits per heavy atom. The molecule has 0 bridgehead atoms. The lowest BCUT2D eigenvalue weighted by atomic mass is 10.1. The van der Waals surface area contributed by atoms with Gasteiger partial charge in [-0.05, 0) is 38.1 Å². The third kappa shape index (κ3) is 4.49.